The van der Waals surface area contributed by atoms with Crippen molar-refractivity contribution in [2.24, 2.45) is 0 Å². The first-order valence-corrected chi connectivity index (χ1v) is 7.98. The van der Waals surface area contributed by atoms with E-state index in [1.165, 1.54) is 5.69 Å². The number of fused-ring (bicyclic) bond motifs is 1. The van der Waals surface area contributed by atoms with Gasteiger partial charge in [0.15, 0.2) is 5.76 Å². The Kier molecular flexibility index (Phi) is 2.70. The normalized spacial score (nSPS) is 18.4. The number of thioether (sulfide) groups is 1. The molecule has 1 aliphatic heterocycles. The van der Waals surface area contributed by atoms with Gasteiger partial charge in [-0.3, -0.25) is 0 Å². The molecule has 3 aromatic rings. The highest BCUT2D eigenvalue weighted by molar-refractivity contribution is 7.99. The zero-order valence-electron chi connectivity index (χ0n) is 10.00. The quantitative estimate of drug-likeness (QED) is 0.784. The van der Waals surface area contributed by atoms with E-state index in [0.29, 0.717) is 0 Å². The van der Waals surface area contributed by atoms with Gasteiger partial charge < -0.3 is 9.40 Å². The van der Waals surface area contributed by atoms with E-state index >= 15 is 0 Å². The Balaban J connectivity index is 1.71. The molecular weight excluding hydrogens is 278 g/mol. The topological polar surface area (TPSA) is 54.7 Å². The second-order valence-electron chi connectivity index (χ2n) is 4.32. The van der Waals surface area contributed by atoms with Crippen LogP contribution < -0.4 is 0 Å². The first-order chi connectivity index (χ1) is 9.42. The van der Waals surface area contributed by atoms with E-state index in [-0.39, 0.29) is 5.25 Å². The summed E-state index contributed by atoms with van der Waals surface area (Å²) >= 11 is 3.58. The number of furan rings is 1. The molecule has 1 unspecified atom stereocenters. The number of H-pyrrole nitrogens is 1. The van der Waals surface area contributed by atoms with Crippen molar-refractivity contribution in [2.75, 3.05) is 5.75 Å². The Morgan fingerprint density at radius 2 is 2.42 bits per heavy atom. The fraction of sp³-hybridized carbons (Fsp3) is 0.231. The number of imidazole rings is 1. The second-order valence-corrected chi connectivity index (χ2v) is 6.42. The number of thiazole rings is 1. The molecule has 96 valence electrons. The lowest BCUT2D eigenvalue weighted by Crippen LogP contribution is -2.09. The van der Waals surface area contributed by atoms with Gasteiger partial charge in [-0.15, -0.1) is 23.1 Å². The third-order valence-corrected chi connectivity index (χ3v) is 5.43. The van der Waals surface area contributed by atoms with Crippen molar-refractivity contribution in [3.05, 3.63) is 46.5 Å². The third-order valence-electron chi connectivity index (χ3n) is 3.16. The van der Waals surface area contributed by atoms with Gasteiger partial charge >= 0.3 is 0 Å². The van der Waals surface area contributed by atoms with E-state index in [9.17, 15) is 0 Å². The highest BCUT2D eigenvalue weighted by atomic mass is 32.2. The fourth-order valence-corrected chi connectivity index (χ4v) is 4.52. The largest absolute Gasteiger partial charge is 0.463 e. The third kappa shape index (κ3) is 1.91. The predicted octanol–water partition coefficient (Wildman–Crippen LogP) is 3.50. The van der Waals surface area contributed by atoms with Crippen LogP contribution in [0.1, 0.15) is 21.6 Å². The van der Waals surface area contributed by atoms with Gasteiger partial charge in [-0.1, -0.05) is 0 Å². The molecule has 0 aliphatic carbocycles. The number of nitrogens with zero attached hydrogens (tertiary/aromatic N) is 2. The number of aromatic nitrogens is 3. The molecule has 0 spiro atoms. The SMILES string of the molecule is c1coc(-c2csc(C3SCCc4[nH]cnc43)n2)c1. The van der Waals surface area contributed by atoms with Crippen molar-refractivity contribution in [1.82, 2.24) is 15.0 Å². The van der Waals surface area contributed by atoms with Crippen LogP contribution in [0.15, 0.2) is 34.5 Å². The molecule has 1 N–H and O–H groups in total. The molecule has 3 aromatic heterocycles. The van der Waals surface area contributed by atoms with Crippen LogP contribution in [0.2, 0.25) is 0 Å². The fourth-order valence-electron chi connectivity index (χ4n) is 2.25. The molecule has 1 aliphatic rings. The minimum absolute atomic E-state index is 0.253. The number of hydrogen-bond acceptors (Lipinski definition) is 5. The molecule has 4 rings (SSSR count). The summed E-state index contributed by atoms with van der Waals surface area (Å²) < 4.78 is 5.39. The standard InChI is InChI=1S/C13H11N3OS2/c1-2-10(17-4-1)9-6-19-13(16-9)12-11-8(3-5-18-12)14-7-15-11/h1-2,4,6-7,12H,3,5H2,(H,14,15). The highest BCUT2D eigenvalue weighted by Gasteiger charge is 2.27. The van der Waals surface area contributed by atoms with Crippen LogP contribution in [0.25, 0.3) is 11.5 Å². The van der Waals surface area contributed by atoms with Crippen molar-refractivity contribution in [3.63, 3.8) is 0 Å². The number of nitrogens with one attached hydrogen (secondary N) is 1. The molecule has 4 heterocycles. The molecule has 0 fully saturated rings. The van der Waals surface area contributed by atoms with Gasteiger partial charge in [0.05, 0.1) is 18.3 Å². The van der Waals surface area contributed by atoms with Gasteiger partial charge in [0, 0.05) is 11.1 Å². The van der Waals surface area contributed by atoms with Gasteiger partial charge in [-0.25, -0.2) is 9.97 Å². The van der Waals surface area contributed by atoms with E-state index in [4.69, 9.17) is 9.40 Å². The average molecular weight is 289 g/mol. The molecule has 19 heavy (non-hydrogen) atoms. The van der Waals surface area contributed by atoms with E-state index in [1.807, 2.05) is 23.9 Å². The first-order valence-electron chi connectivity index (χ1n) is 6.05. The van der Waals surface area contributed by atoms with Crippen molar-refractivity contribution < 1.29 is 4.42 Å². The Hall–Kier alpha value is -1.53. The monoisotopic (exact) mass is 289 g/mol. The smallest absolute Gasteiger partial charge is 0.153 e. The molecule has 0 aromatic carbocycles. The first kappa shape index (κ1) is 11.3. The number of aryl methyl sites for hydroxylation is 1. The minimum atomic E-state index is 0.253. The van der Waals surface area contributed by atoms with Crippen LogP contribution in [0, 0.1) is 0 Å². The van der Waals surface area contributed by atoms with E-state index in [1.54, 1.807) is 23.9 Å². The van der Waals surface area contributed by atoms with Gasteiger partial charge in [0.25, 0.3) is 0 Å². The molecule has 4 nitrogen and oxygen atoms in total. The lowest BCUT2D eigenvalue weighted by Gasteiger charge is -2.18. The average Bonchev–Trinajstić information content (AvgIpc) is 3.18. The molecule has 0 saturated carbocycles. The van der Waals surface area contributed by atoms with Crippen LogP contribution in [0.5, 0.6) is 0 Å². The lowest BCUT2D eigenvalue weighted by atomic mass is 10.2. The summed E-state index contributed by atoms with van der Waals surface area (Å²) in [5.41, 5.74) is 3.29. The number of aromatic amines is 1. The molecule has 6 heteroatoms. The summed E-state index contributed by atoms with van der Waals surface area (Å²) in [4.78, 5) is 12.4. The molecule has 0 radical (unpaired) electrons. The maximum absolute atomic E-state index is 5.39. The van der Waals surface area contributed by atoms with Gasteiger partial charge in [0.2, 0.25) is 0 Å². The molecule has 0 bridgehead atoms. The van der Waals surface area contributed by atoms with Crippen molar-refractivity contribution >= 4 is 23.1 Å². The van der Waals surface area contributed by atoms with Gasteiger partial charge in [-0.2, -0.15) is 0 Å². The van der Waals surface area contributed by atoms with Crippen molar-refractivity contribution in [1.29, 1.82) is 0 Å². The zero-order valence-corrected chi connectivity index (χ0v) is 11.6. The molecule has 0 saturated heterocycles. The van der Waals surface area contributed by atoms with Crippen LogP contribution >= 0.6 is 23.1 Å². The Morgan fingerprint density at radius 1 is 1.42 bits per heavy atom. The summed E-state index contributed by atoms with van der Waals surface area (Å²) in [5.74, 6) is 1.93. The Labute approximate surface area is 118 Å². The lowest BCUT2D eigenvalue weighted by molar-refractivity contribution is 0.580. The number of rotatable bonds is 2. The van der Waals surface area contributed by atoms with Crippen molar-refractivity contribution in [3.8, 4) is 11.5 Å². The summed E-state index contributed by atoms with van der Waals surface area (Å²) in [6.07, 6.45) is 4.52. The maximum atomic E-state index is 5.39. The summed E-state index contributed by atoms with van der Waals surface area (Å²) in [5, 5.41) is 3.41. The maximum Gasteiger partial charge on any atom is 0.153 e. The Morgan fingerprint density at radius 3 is 3.32 bits per heavy atom. The molecule has 0 amide bonds. The Bertz CT molecular complexity index is 686. The van der Waals surface area contributed by atoms with E-state index in [0.717, 1.165) is 34.3 Å². The van der Waals surface area contributed by atoms with Gasteiger partial charge in [0.1, 0.15) is 16.0 Å². The van der Waals surface area contributed by atoms with E-state index < -0.39 is 0 Å². The predicted molar refractivity (Wildman–Crippen MR) is 76.4 cm³/mol. The highest BCUT2D eigenvalue weighted by Crippen LogP contribution is 2.42. The minimum Gasteiger partial charge on any atom is -0.463 e. The van der Waals surface area contributed by atoms with Crippen LogP contribution in [-0.2, 0) is 6.42 Å². The number of hydrogen-bond donors (Lipinski definition) is 1. The van der Waals surface area contributed by atoms with Crippen LogP contribution in [0.3, 0.4) is 0 Å². The zero-order chi connectivity index (χ0) is 12.7. The van der Waals surface area contributed by atoms with E-state index in [2.05, 4.69) is 15.3 Å². The summed E-state index contributed by atoms with van der Waals surface area (Å²) in [6, 6.07) is 3.82. The van der Waals surface area contributed by atoms with Gasteiger partial charge in [-0.05, 0) is 24.3 Å². The molecular formula is C13H11N3OS2. The molecule has 1 atom stereocenters. The van der Waals surface area contributed by atoms with Crippen molar-refractivity contribution in [2.45, 2.75) is 11.7 Å². The van der Waals surface area contributed by atoms with Crippen LogP contribution in [-0.4, -0.2) is 20.7 Å². The van der Waals surface area contributed by atoms with Crippen LogP contribution in [0.4, 0.5) is 0 Å². The second kappa shape index (κ2) is 4.54. The summed E-state index contributed by atoms with van der Waals surface area (Å²) in [6.45, 7) is 0. The summed E-state index contributed by atoms with van der Waals surface area (Å²) in [7, 11) is 0.